The van der Waals surface area contributed by atoms with E-state index in [4.69, 9.17) is 11.6 Å². The van der Waals surface area contributed by atoms with Gasteiger partial charge in [-0.05, 0) is 52.9 Å². The minimum atomic E-state index is -3.65. The van der Waals surface area contributed by atoms with Gasteiger partial charge in [0.1, 0.15) is 5.69 Å². The summed E-state index contributed by atoms with van der Waals surface area (Å²) in [5.41, 5.74) is -0.132. The first-order chi connectivity index (χ1) is 10.2. The van der Waals surface area contributed by atoms with E-state index in [2.05, 4.69) is 32.6 Å². The van der Waals surface area contributed by atoms with E-state index in [9.17, 15) is 17.2 Å². The molecule has 4 nitrogen and oxygen atoms in total. The largest absolute Gasteiger partial charge is 0.350 e. The normalized spacial score (nSPS) is 11.3. The van der Waals surface area contributed by atoms with E-state index in [1.165, 1.54) is 0 Å². The Morgan fingerprint density at radius 3 is 2.36 bits per heavy atom. The average molecular weight is 459 g/mol. The Labute approximate surface area is 145 Å². The predicted octanol–water partition coefficient (Wildman–Crippen LogP) is 4.34. The number of sulfonamides is 1. The molecule has 0 spiro atoms. The van der Waals surface area contributed by atoms with Gasteiger partial charge in [0, 0.05) is 3.57 Å². The number of rotatable bonds is 4. The first kappa shape index (κ1) is 17.2. The lowest BCUT2D eigenvalue weighted by Gasteiger charge is -2.15. The highest BCUT2D eigenvalue weighted by atomic mass is 127. The van der Waals surface area contributed by atoms with Crippen LogP contribution in [0.2, 0.25) is 5.02 Å². The fraction of sp³-hybridized carbons (Fsp3) is 0.0769. The zero-order chi connectivity index (χ0) is 16.5. The Morgan fingerprint density at radius 2 is 1.77 bits per heavy atom. The molecule has 0 aliphatic carbocycles. The lowest BCUT2D eigenvalue weighted by Crippen LogP contribution is -2.12. The van der Waals surface area contributed by atoms with Crippen molar-refractivity contribution in [3.8, 4) is 0 Å². The van der Waals surface area contributed by atoms with E-state index in [0.717, 1.165) is 22.0 Å². The number of nitrogens with one attached hydrogen (secondary N) is 2. The van der Waals surface area contributed by atoms with Gasteiger partial charge >= 0.3 is 0 Å². The molecule has 9 heteroatoms. The molecular formula is C13H10ClF2IN2O2S. The molecule has 22 heavy (non-hydrogen) atoms. The molecule has 2 rings (SSSR count). The Kier molecular flexibility index (Phi) is 5.13. The van der Waals surface area contributed by atoms with Gasteiger partial charge in [-0.1, -0.05) is 11.6 Å². The molecule has 0 aliphatic rings. The second-order valence-corrected chi connectivity index (χ2v) is 7.81. The molecule has 0 aromatic heterocycles. The summed E-state index contributed by atoms with van der Waals surface area (Å²) < 4.78 is 53.1. The number of hydrogen-bond donors (Lipinski definition) is 2. The molecule has 0 amide bonds. The van der Waals surface area contributed by atoms with Crippen LogP contribution < -0.4 is 10.0 Å². The van der Waals surface area contributed by atoms with Gasteiger partial charge in [-0.15, -0.1) is 0 Å². The summed E-state index contributed by atoms with van der Waals surface area (Å²) in [6.45, 7) is 0. The number of hydrogen-bond acceptors (Lipinski definition) is 3. The van der Waals surface area contributed by atoms with E-state index >= 15 is 0 Å². The summed E-state index contributed by atoms with van der Waals surface area (Å²) in [4.78, 5) is 0. The van der Waals surface area contributed by atoms with Crippen molar-refractivity contribution in [3.05, 3.63) is 50.6 Å². The van der Waals surface area contributed by atoms with E-state index < -0.39 is 21.7 Å². The molecule has 0 saturated carbocycles. The SMILES string of the molecule is CS(=O)(=O)Nc1ccc(F)c(F)c1Nc1ccc(I)cc1Cl. The fourth-order valence-corrected chi connectivity index (χ4v) is 3.16. The Morgan fingerprint density at radius 1 is 1.14 bits per heavy atom. The Hall–Kier alpha value is -1.13. The van der Waals surface area contributed by atoms with Crippen molar-refractivity contribution in [1.82, 2.24) is 0 Å². The van der Waals surface area contributed by atoms with Crippen LogP contribution in [0, 0.1) is 15.2 Å². The van der Waals surface area contributed by atoms with Gasteiger partial charge in [-0.25, -0.2) is 17.2 Å². The summed E-state index contributed by atoms with van der Waals surface area (Å²) in [7, 11) is -3.65. The van der Waals surface area contributed by atoms with Crippen LogP contribution in [-0.4, -0.2) is 14.7 Å². The highest BCUT2D eigenvalue weighted by Gasteiger charge is 2.17. The van der Waals surface area contributed by atoms with Gasteiger partial charge in [0.2, 0.25) is 10.0 Å². The lowest BCUT2D eigenvalue weighted by molar-refractivity contribution is 0.512. The third-order valence-corrected chi connectivity index (χ3v) is 4.16. The van der Waals surface area contributed by atoms with Crippen LogP contribution in [0.1, 0.15) is 0 Å². The van der Waals surface area contributed by atoms with Crippen LogP contribution in [0.3, 0.4) is 0 Å². The molecule has 2 aromatic carbocycles. The average Bonchev–Trinajstić information content (AvgIpc) is 2.39. The molecule has 2 aromatic rings. The number of anilines is 3. The van der Waals surface area contributed by atoms with Crippen molar-refractivity contribution in [2.75, 3.05) is 16.3 Å². The highest BCUT2D eigenvalue weighted by Crippen LogP contribution is 2.34. The summed E-state index contributed by atoms with van der Waals surface area (Å²) in [5, 5.41) is 2.91. The summed E-state index contributed by atoms with van der Waals surface area (Å²) in [5.74, 6) is -2.31. The first-order valence-corrected chi connectivity index (χ1v) is 9.20. The van der Waals surface area contributed by atoms with Crippen molar-refractivity contribution in [2.24, 2.45) is 0 Å². The monoisotopic (exact) mass is 458 g/mol. The van der Waals surface area contributed by atoms with Crippen molar-refractivity contribution >= 4 is 61.3 Å². The first-order valence-electron chi connectivity index (χ1n) is 5.85. The zero-order valence-corrected chi connectivity index (χ0v) is 14.9. The van der Waals surface area contributed by atoms with Gasteiger partial charge in [0.05, 0.1) is 22.7 Å². The van der Waals surface area contributed by atoms with Gasteiger partial charge in [-0.3, -0.25) is 4.72 Å². The molecule has 0 radical (unpaired) electrons. The smallest absolute Gasteiger partial charge is 0.229 e. The summed E-state index contributed by atoms with van der Waals surface area (Å²) in [6, 6.07) is 6.89. The third-order valence-electron chi connectivity index (χ3n) is 2.58. The minimum absolute atomic E-state index is 0.115. The van der Waals surface area contributed by atoms with Crippen LogP contribution in [-0.2, 0) is 10.0 Å². The van der Waals surface area contributed by atoms with Crippen LogP contribution in [0.25, 0.3) is 0 Å². The van der Waals surface area contributed by atoms with Gasteiger partial charge in [0.15, 0.2) is 11.6 Å². The van der Waals surface area contributed by atoms with E-state index in [0.29, 0.717) is 10.7 Å². The lowest BCUT2D eigenvalue weighted by atomic mass is 10.2. The van der Waals surface area contributed by atoms with E-state index in [1.54, 1.807) is 18.2 Å². The maximum absolute atomic E-state index is 14.0. The Bertz CT molecular complexity index is 831. The molecule has 0 fully saturated rings. The van der Waals surface area contributed by atoms with Crippen molar-refractivity contribution in [1.29, 1.82) is 0 Å². The molecule has 0 bridgehead atoms. The Balaban J connectivity index is 2.50. The molecule has 0 unspecified atom stereocenters. The molecular weight excluding hydrogens is 449 g/mol. The second kappa shape index (κ2) is 6.55. The molecule has 0 heterocycles. The topological polar surface area (TPSA) is 58.2 Å². The van der Waals surface area contributed by atoms with Gasteiger partial charge < -0.3 is 5.32 Å². The quantitative estimate of drug-likeness (QED) is 0.670. The summed E-state index contributed by atoms with van der Waals surface area (Å²) in [6.07, 6.45) is 0.913. The van der Waals surface area contributed by atoms with E-state index in [-0.39, 0.29) is 11.4 Å². The number of benzene rings is 2. The van der Waals surface area contributed by atoms with Gasteiger partial charge in [-0.2, -0.15) is 0 Å². The second-order valence-electron chi connectivity index (χ2n) is 4.41. The molecule has 0 saturated heterocycles. The third kappa shape index (κ3) is 4.20. The standard InChI is InChI=1S/C13H10ClF2IN2O2S/c1-22(20,21)19-11-5-3-9(15)12(16)13(11)18-10-4-2-7(17)6-8(10)14/h2-6,18-19H,1H3. The summed E-state index contributed by atoms with van der Waals surface area (Å²) >= 11 is 8.09. The molecule has 118 valence electrons. The number of halogens is 4. The zero-order valence-electron chi connectivity index (χ0n) is 11.1. The van der Waals surface area contributed by atoms with Crippen molar-refractivity contribution in [2.45, 2.75) is 0 Å². The fourth-order valence-electron chi connectivity index (χ4n) is 1.68. The van der Waals surface area contributed by atoms with Crippen LogP contribution >= 0.6 is 34.2 Å². The highest BCUT2D eigenvalue weighted by molar-refractivity contribution is 14.1. The van der Waals surface area contributed by atoms with Gasteiger partial charge in [0.25, 0.3) is 0 Å². The minimum Gasteiger partial charge on any atom is -0.350 e. The van der Waals surface area contributed by atoms with Crippen molar-refractivity contribution in [3.63, 3.8) is 0 Å². The van der Waals surface area contributed by atoms with Crippen LogP contribution in [0.5, 0.6) is 0 Å². The van der Waals surface area contributed by atoms with Crippen LogP contribution in [0.15, 0.2) is 30.3 Å². The molecule has 2 N–H and O–H groups in total. The predicted molar refractivity (Wildman–Crippen MR) is 92.3 cm³/mol. The molecule has 0 atom stereocenters. The maximum atomic E-state index is 14.0. The van der Waals surface area contributed by atoms with Crippen molar-refractivity contribution < 1.29 is 17.2 Å². The van der Waals surface area contributed by atoms with E-state index in [1.807, 2.05) is 0 Å². The van der Waals surface area contributed by atoms with Crippen LogP contribution in [0.4, 0.5) is 25.8 Å². The molecule has 0 aliphatic heterocycles. The maximum Gasteiger partial charge on any atom is 0.229 e.